The highest BCUT2D eigenvalue weighted by atomic mass is 14.8. The van der Waals surface area contributed by atoms with Crippen LogP contribution < -0.4 is 0 Å². The number of rotatable bonds is 0. The molecule has 5 fully saturated rings. The number of hydrogen-bond donors (Lipinski definition) is 0. The van der Waals surface area contributed by atoms with E-state index in [1.165, 1.54) is 12.8 Å². The molecule has 0 heteroatoms. The maximum absolute atomic E-state index is 2.72. The van der Waals surface area contributed by atoms with Crippen LogP contribution in [-0.4, -0.2) is 0 Å². The third kappa shape index (κ3) is 1.23. The van der Waals surface area contributed by atoms with E-state index in [1.807, 2.05) is 0 Å². The summed E-state index contributed by atoms with van der Waals surface area (Å²) in [7, 11) is 0. The Morgan fingerprint density at radius 1 is 0.700 bits per heavy atom. The second-order valence-electron chi connectivity index (χ2n) is 9.82. The van der Waals surface area contributed by atoms with Crippen LogP contribution in [0.15, 0.2) is 0 Å². The van der Waals surface area contributed by atoms with Gasteiger partial charge in [-0.1, -0.05) is 26.7 Å². The second kappa shape index (κ2) is 3.66. The van der Waals surface area contributed by atoms with E-state index < -0.39 is 0 Å². The molecule has 5 saturated carbocycles. The summed E-state index contributed by atoms with van der Waals surface area (Å²) >= 11 is 0. The Morgan fingerprint density at radius 3 is 2.40 bits per heavy atom. The molecule has 0 saturated heterocycles. The fourth-order valence-electron chi connectivity index (χ4n) is 8.49. The highest BCUT2D eigenvalue weighted by Crippen LogP contribution is 2.82. The van der Waals surface area contributed by atoms with Gasteiger partial charge in [0.05, 0.1) is 0 Å². The summed E-state index contributed by atoms with van der Waals surface area (Å²) in [5.74, 6) is 4.49. The smallest absolute Gasteiger partial charge is 0.0181 e. The first-order chi connectivity index (χ1) is 9.60. The van der Waals surface area contributed by atoms with Crippen molar-refractivity contribution in [2.75, 3.05) is 0 Å². The first-order valence-corrected chi connectivity index (χ1v) is 9.60. The minimum absolute atomic E-state index is 0.743. The predicted molar refractivity (Wildman–Crippen MR) is 83.4 cm³/mol. The molecule has 5 aliphatic carbocycles. The zero-order valence-electron chi connectivity index (χ0n) is 13.6. The fourth-order valence-corrected chi connectivity index (χ4v) is 8.49. The Labute approximate surface area is 125 Å². The summed E-state index contributed by atoms with van der Waals surface area (Å²) in [4.78, 5) is 0. The van der Waals surface area contributed by atoms with Crippen LogP contribution >= 0.6 is 0 Å². The zero-order valence-corrected chi connectivity index (χ0v) is 13.6. The van der Waals surface area contributed by atoms with Gasteiger partial charge in [-0.2, -0.15) is 0 Å². The summed E-state index contributed by atoms with van der Waals surface area (Å²) in [6.07, 6.45) is 17.3. The van der Waals surface area contributed by atoms with Gasteiger partial charge in [0.1, 0.15) is 0 Å². The molecule has 0 nitrogen and oxygen atoms in total. The lowest BCUT2D eigenvalue weighted by Gasteiger charge is -2.61. The summed E-state index contributed by atoms with van der Waals surface area (Å²) in [5.41, 5.74) is 2.35. The van der Waals surface area contributed by atoms with E-state index in [0.29, 0.717) is 0 Å². The quantitative estimate of drug-likeness (QED) is 0.522. The minimum Gasteiger partial charge on any atom is -0.0591 e. The van der Waals surface area contributed by atoms with Gasteiger partial charge < -0.3 is 0 Å². The molecule has 0 aliphatic heterocycles. The Hall–Kier alpha value is 0. The molecule has 7 atom stereocenters. The van der Waals surface area contributed by atoms with Crippen molar-refractivity contribution >= 4 is 0 Å². The number of fused-ring (bicyclic) bond motifs is 3. The van der Waals surface area contributed by atoms with E-state index in [9.17, 15) is 0 Å². The third-order valence-electron chi connectivity index (χ3n) is 9.60. The first kappa shape index (κ1) is 12.5. The van der Waals surface area contributed by atoms with Gasteiger partial charge in [0.15, 0.2) is 0 Å². The summed E-state index contributed by atoms with van der Waals surface area (Å²) in [5, 5.41) is 0. The molecule has 0 aromatic rings. The molecular formula is C20H32. The summed E-state index contributed by atoms with van der Waals surface area (Å²) in [6, 6.07) is 0. The largest absolute Gasteiger partial charge is 0.0591 e. The molecule has 112 valence electrons. The third-order valence-corrected chi connectivity index (χ3v) is 9.60. The summed E-state index contributed by atoms with van der Waals surface area (Å²) in [6.45, 7) is 5.41. The van der Waals surface area contributed by atoms with E-state index in [2.05, 4.69) is 13.8 Å². The normalized spacial score (nSPS) is 63.9. The van der Waals surface area contributed by atoms with Crippen molar-refractivity contribution in [2.24, 2.45) is 39.9 Å². The van der Waals surface area contributed by atoms with Gasteiger partial charge in [0.2, 0.25) is 0 Å². The predicted octanol–water partition coefficient (Wildman–Crippen LogP) is 5.81. The molecule has 5 rings (SSSR count). The van der Waals surface area contributed by atoms with E-state index in [-0.39, 0.29) is 0 Å². The van der Waals surface area contributed by atoms with Crippen molar-refractivity contribution in [2.45, 2.75) is 84.5 Å². The molecule has 5 aliphatic rings. The van der Waals surface area contributed by atoms with Crippen LogP contribution in [0.4, 0.5) is 0 Å². The van der Waals surface area contributed by atoms with Gasteiger partial charge in [-0.05, 0) is 97.7 Å². The molecule has 0 heterocycles. The van der Waals surface area contributed by atoms with Gasteiger partial charge in [0.25, 0.3) is 0 Å². The van der Waals surface area contributed by atoms with E-state index >= 15 is 0 Å². The van der Waals surface area contributed by atoms with Crippen molar-refractivity contribution in [3.05, 3.63) is 0 Å². The van der Waals surface area contributed by atoms with Crippen molar-refractivity contribution < 1.29 is 0 Å². The van der Waals surface area contributed by atoms with Crippen LogP contribution in [0.3, 0.4) is 0 Å². The lowest BCUT2D eigenvalue weighted by Crippen LogP contribution is -2.53. The fraction of sp³-hybridized carbons (Fsp3) is 1.00. The van der Waals surface area contributed by atoms with Gasteiger partial charge in [0, 0.05) is 0 Å². The van der Waals surface area contributed by atoms with Crippen LogP contribution in [0.5, 0.6) is 0 Å². The molecule has 0 bridgehead atoms. The van der Waals surface area contributed by atoms with E-state index in [4.69, 9.17) is 0 Å². The monoisotopic (exact) mass is 272 g/mol. The Balaban J connectivity index is 1.54. The lowest BCUT2D eigenvalue weighted by atomic mass is 9.44. The van der Waals surface area contributed by atoms with Crippen LogP contribution in [0.2, 0.25) is 0 Å². The Bertz CT molecular complexity index is 439. The van der Waals surface area contributed by atoms with Crippen molar-refractivity contribution in [3.8, 4) is 0 Å². The maximum atomic E-state index is 2.72. The Morgan fingerprint density at radius 2 is 1.55 bits per heavy atom. The second-order valence-corrected chi connectivity index (χ2v) is 9.82. The Kier molecular flexibility index (Phi) is 2.30. The van der Waals surface area contributed by atoms with Crippen LogP contribution in [-0.2, 0) is 0 Å². The minimum atomic E-state index is 0.743. The van der Waals surface area contributed by atoms with Crippen LogP contribution in [0.1, 0.15) is 84.5 Å². The standard InChI is InChI=1S/C20H32/c1-18-11-8-15-13-20(15,18)17-7-6-14-5-3-4-10-19(14,2)16(17)9-12-18/h14-17H,3-13H2,1-2H3. The van der Waals surface area contributed by atoms with Gasteiger partial charge in [-0.15, -0.1) is 0 Å². The number of hydrogen-bond acceptors (Lipinski definition) is 0. The topological polar surface area (TPSA) is 0 Å². The molecule has 7 unspecified atom stereocenters. The molecule has 0 radical (unpaired) electrons. The maximum Gasteiger partial charge on any atom is -0.0181 e. The van der Waals surface area contributed by atoms with Gasteiger partial charge >= 0.3 is 0 Å². The summed E-state index contributed by atoms with van der Waals surface area (Å²) < 4.78 is 0. The molecule has 20 heavy (non-hydrogen) atoms. The molecule has 1 spiro atoms. The first-order valence-electron chi connectivity index (χ1n) is 9.60. The molecule has 0 aromatic carbocycles. The van der Waals surface area contributed by atoms with Gasteiger partial charge in [-0.25, -0.2) is 0 Å². The van der Waals surface area contributed by atoms with Gasteiger partial charge in [-0.3, -0.25) is 0 Å². The van der Waals surface area contributed by atoms with E-state index in [0.717, 1.165) is 39.9 Å². The van der Waals surface area contributed by atoms with Crippen LogP contribution in [0.25, 0.3) is 0 Å². The van der Waals surface area contributed by atoms with Crippen LogP contribution in [0, 0.1) is 39.9 Å². The molecule has 0 N–H and O–H groups in total. The van der Waals surface area contributed by atoms with Crippen molar-refractivity contribution in [1.82, 2.24) is 0 Å². The van der Waals surface area contributed by atoms with Crippen molar-refractivity contribution in [1.29, 1.82) is 0 Å². The average Bonchev–Trinajstić information content (AvgIpc) is 3.10. The molecule has 0 aromatic heterocycles. The van der Waals surface area contributed by atoms with E-state index in [1.54, 1.807) is 57.8 Å². The lowest BCUT2D eigenvalue weighted by molar-refractivity contribution is -0.119. The van der Waals surface area contributed by atoms with Crippen molar-refractivity contribution in [3.63, 3.8) is 0 Å². The zero-order chi connectivity index (χ0) is 13.6. The molecular weight excluding hydrogens is 240 g/mol. The highest BCUT2D eigenvalue weighted by molar-refractivity contribution is 5.23. The average molecular weight is 272 g/mol. The highest BCUT2D eigenvalue weighted by Gasteiger charge is 2.74. The molecule has 0 amide bonds. The SMILES string of the molecule is CC12CCCCC1CCC1C2CCC2(C)CCC3CC312.